The Hall–Kier alpha value is -2.86. The Morgan fingerprint density at radius 3 is 2.96 bits per heavy atom. The summed E-state index contributed by atoms with van der Waals surface area (Å²) in [5.41, 5.74) is 3.11. The first-order valence-electron chi connectivity index (χ1n) is 8.34. The second kappa shape index (κ2) is 6.80. The average molecular weight is 369 g/mol. The number of hydrogen-bond acceptors (Lipinski definition) is 5. The number of fused-ring (bicyclic) bond motifs is 1. The van der Waals surface area contributed by atoms with Crippen LogP contribution in [0, 0.1) is 0 Å². The van der Waals surface area contributed by atoms with E-state index in [1.54, 1.807) is 18.3 Å². The highest BCUT2D eigenvalue weighted by atomic mass is 35.5. The van der Waals surface area contributed by atoms with Gasteiger partial charge in [-0.1, -0.05) is 16.8 Å². The fourth-order valence-corrected chi connectivity index (χ4v) is 3.19. The molecule has 0 aliphatic carbocycles. The maximum atomic E-state index is 12.4. The second-order valence-corrected chi connectivity index (χ2v) is 6.64. The van der Waals surface area contributed by atoms with Gasteiger partial charge in [-0.05, 0) is 43.3 Å². The molecule has 1 atom stereocenters. The van der Waals surface area contributed by atoms with E-state index in [9.17, 15) is 4.79 Å². The summed E-state index contributed by atoms with van der Waals surface area (Å²) in [7, 11) is 0. The molecule has 0 spiro atoms. The monoisotopic (exact) mass is 368 g/mol. The number of aromatic nitrogens is 2. The third-order valence-corrected chi connectivity index (χ3v) is 4.60. The largest absolute Gasteiger partial charge is 0.395 e. The topological polar surface area (TPSA) is 79.4 Å². The van der Waals surface area contributed by atoms with Gasteiger partial charge < -0.3 is 15.1 Å². The minimum atomic E-state index is -0.230. The van der Waals surface area contributed by atoms with Crippen molar-refractivity contribution < 1.29 is 4.84 Å². The number of anilines is 1. The summed E-state index contributed by atoms with van der Waals surface area (Å²) in [5.74, 6) is 0.676. The number of pyridine rings is 2. The van der Waals surface area contributed by atoms with Gasteiger partial charge in [-0.15, -0.1) is 0 Å². The smallest absolute Gasteiger partial charge is 0.253 e. The van der Waals surface area contributed by atoms with Crippen molar-refractivity contribution in [1.82, 2.24) is 9.97 Å². The summed E-state index contributed by atoms with van der Waals surface area (Å²) >= 11 is 6.06. The molecule has 0 saturated heterocycles. The molecule has 132 valence electrons. The Kier molecular flexibility index (Phi) is 4.34. The number of nitrogens with one attached hydrogen (secondary N) is 2. The molecule has 3 aromatic rings. The molecule has 7 heteroatoms. The van der Waals surface area contributed by atoms with E-state index in [4.69, 9.17) is 16.4 Å². The fraction of sp³-hybridized carbons (Fsp3) is 0.211. The number of hydrogen-bond donors (Lipinski definition) is 2. The SMILES string of the molecule is C[C@H](Nc1cc(C2=NOCC2)ccn1)c1cc2cc(Cl)ccc2[nH]c1=O. The molecule has 0 radical (unpaired) electrons. The van der Waals surface area contributed by atoms with Crippen LogP contribution in [0.2, 0.25) is 5.02 Å². The summed E-state index contributed by atoms with van der Waals surface area (Å²) < 4.78 is 0. The van der Waals surface area contributed by atoms with Gasteiger partial charge in [-0.25, -0.2) is 4.98 Å². The van der Waals surface area contributed by atoms with Gasteiger partial charge in [0.2, 0.25) is 0 Å². The Morgan fingerprint density at radius 2 is 2.15 bits per heavy atom. The first-order valence-corrected chi connectivity index (χ1v) is 8.72. The molecular weight excluding hydrogens is 352 g/mol. The molecule has 6 nitrogen and oxygen atoms in total. The van der Waals surface area contributed by atoms with E-state index in [-0.39, 0.29) is 11.6 Å². The number of halogens is 1. The molecule has 0 fully saturated rings. The maximum Gasteiger partial charge on any atom is 0.253 e. The van der Waals surface area contributed by atoms with Crippen LogP contribution in [0.5, 0.6) is 0 Å². The number of benzene rings is 1. The third kappa shape index (κ3) is 3.28. The quantitative estimate of drug-likeness (QED) is 0.732. The zero-order chi connectivity index (χ0) is 18.1. The van der Waals surface area contributed by atoms with Crippen LogP contribution in [0.3, 0.4) is 0 Å². The van der Waals surface area contributed by atoms with Gasteiger partial charge in [-0.3, -0.25) is 4.79 Å². The average Bonchev–Trinajstić information content (AvgIpc) is 3.16. The lowest BCUT2D eigenvalue weighted by Gasteiger charge is -2.15. The van der Waals surface area contributed by atoms with Crippen LogP contribution in [-0.2, 0) is 4.84 Å². The lowest BCUT2D eigenvalue weighted by atomic mass is 10.1. The predicted molar refractivity (Wildman–Crippen MR) is 103 cm³/mol. The minimum Gasteiger partial charge on any atom is -0.395 e. The fourth-order valence-electron chi connectivity index (χ4n) is 3.01. The molecule has 0 amide bonds. The van der Waals surface area contributed by atoms with Crippen LogP contribution < -0.4 is 10.9 Å². The standard InChI is InChI=1S/C19H17ClN4O2/c1-11(15-9-13-8-14(20)2-3-16(13)23-19(15)25)22-18-10-12(4-6-21-18)17-5-7-26-24-17/h2-4,6,8-11H,5,7H2,1H3,(H,21,22)(H,23,25)/t11-/m0/s1. The van der Waals surface area contributed by atoms with Crippen molar-refractivity contribution >= 4 is 34.0 Å². The van der Waals surface area contributed by atoms with E-state index in [1.807, 2.05) is 31.2 Å². The zero-order valence-corrected chi connectivity index (χ0v) is 14.9. The predicted octanol–water partition coefficient (Wildman–Crippen LogP) is 3.87. The lowest BCUT2D eigenvalue weighted by molar-refractivity contribution is 0.174. The highest BCUT2D eigenvalue weighted by Gasteiger charge is 2.14. The molecule has 1 aromatic carbocycles. The van der Waals surface area contributed by atoms with Crippen LogP contribution in [0.15, 0.2) is 52.5 Å². The van der Waals surface area contributed by atoms with Crippen LogP contribution in [0.4, 0.5) is 5.82 Å². The number of aromatic amines is 1. The number of H-pyrrole nitrogens is 1. The number of oxime groups is 1. The first kappa shape index (κ1) is 16.6. The minimum absolute atomic E-state index is 0.135. The second-order valence-electron chi connectivity index (χ2n) is 6.20. The van der Waals surface area contributed by atoms with Crippen molar-refractivity contribution in [2.45, 2.75) is 19.4 Å². The molecule has 0 saturated carbocycles. The summed E-state index contributed by atoms with van der Waals surface area (Å²) in [4.78, 5) is 24.7. The molecule has 0 bridgehead atoms. The summed E-state index contributed by atoms with van der Waals surface area (Å²) in [5, 5.41) is 8.84. The van der Waals surface area contributed by atoms with Crippen molar-refractivity contribution in [3.63, 3.8) is 0 Å². The van der Waals surface area contributed by atoms with Crippen molar-refractivity contribution in [2.75, 3.05) is 11.9 Å². The van der Waals surface area contributed by atoms with Crippen LogP contribution in [-0.4, -0.2) is 22.3 Å². The van der Waals surface area contributed by atoms with E-state index in [0.717, 1.165) is 28.6 Å². The summed E-state index contributed by atoms with van der Waals surface area (Å²) in [6.07, 6.45) is 2.50. The number of rotatable bonds is 4. The van der Waals surface area contributed by atoms with Gasteiger partial charge in [0.05, 0.1) is 11.8 Å². The third-order valence-electron chi connectivity index (χ3n) is 4.36. The molecule has 2 N–H and O–H groups in total. The highest BCUT2D eigenvalue weighted by Crippen LogP contribution is 2.22. The Labute approximate surface area is 154 Å². The van der Waals surface area contributed by atoms with E-state index in [1.165, 1.54) is 0 Å². The lowest BCUT2D eigenvalue weighted by Crippen LogP contribution is -2.20. The molecule has 26 heavy (non-hydrogen) atoms. The highest BCUT2D eigenvalue weighted by molar-refractivity contribution is 6.31. The first-order chi connectivity index (χ1) is 12.6. The van der Waals surface area contributed by atoms with E-state index < -0.39 is 0 Å². The normalized spacial score (nSPS) is 14.8. The van der Waals surface area contributed by atoms with Gasteiger partial charge in [-0.2, -0.15) is 0 Å². The van der Waals surface area contributed by atoms with Crippen LogP contribution in [0.25, 0.3) is 10.9 Å². The van der Waals surface area contributed by atoms with Gasteiger partial charge in [0.15, 0.2) is 0 Å². The molecule has 3 heterocycles. The van der Waals surface area contributed by atoms with Crippen molar-refractivity contribution in [2.24, 2.45) is 5.16 Å². The van der Waals surface area contributed by atoms with Gasteiger partial charge in [0.1, 0.15) is 12.4 Å². The van der Waals surface area contributed by atoms with Crippen LogP contribution >= 0.6 is 11.6 Å². The zero-order valence-electron chi connectivity index (χ0n) is 14.1. The van der Waals surface area contributed by atoms with Gasteiger partial charge in [0.25, 0.3) is 5.56 Å². The van der Waals surface area contributed by atoms with E-state index >= 15 is 0 Å². The molecule has 1 aliphatic rings. The van der Waals surface area contributed by atoms with Gasteiger partial charge in [0, 0.05) is 39.7 Å². The van der Waals surface area contributed by atoms with Gasteiger partial charge >= 0.3 is 0 Å². The summed E-state index contributed by atoms with van der Waals surface area (Å²) in [6.45, 7) is 2.53. The molecule has 0 unspecified atom stereocenters. The summed E-state index contributed by atoms with van der Waals surface area (Å²) in [6, 6.07) is 10.8. The molecule has 1 aliphatic heterocycles. The molecule has 4 rings (SSSR count). The van der Waals surface area contributed by atoms with E-state index in [0.29, 0.717) is 23.0 Å². The Morgan fingerprint density at radius 1 is 1.27 bits per heavy atom. The molecule has 2 aromatic heterocycles. The Bertz CT molecular complexity index is 1060. The maximum absolute atomic E-state index is 12.4. The Balaban J connectivity index is 1.63. The van der Waals surface area contributed by atoms with Crippen molar-refractivity contribution in [1.29, 1.82) is 0 Å². The van der Waals surface area contributed by atoms with Crippen molar-refractivity contribution in [3.05, 3.63) is 69.1 Å². The van der Waals surface area contributed by atoms with Crippen molar-refractivity contribution in [3.8, 4) is 0 Å². The van der Waals surface area contributed by atoms with Crippen LogP contribution in [0.1, 0.15) is 30.5 Å². The molecular formula is C19H17ClN4O2. The van der Waals surface area contributed by atoms with E-state index in [2.05, 4.69) is 20.4 Å². The number of nitrogens with zero attached hydrogens (tertiary/aromatic N) is 2.